The van der Waals surface area contributed by atoms with Crippen molar-refractivity contribution in [3.05, 3.63) is 34.9 Å². The van der Waals surface area contributed by atoms with Crippen LogP contribution in [0, 0.1) is 19.8 Å². The van der Waals surface area contributed by atoms with Crippen LogP contribution in [-0.4, -0.2) is 19.3 Å². The average molecular weight is 289 g/mol. The summed E-state index contributed by atoms with van der Waals surface area (Å²) < 4.78 is 5.70. The van der Waals surface area contributed by atoms with Crippen molar-refractivity contribution < 1.29 is 4.74 Å². The van der Waals surface area contributed by atoms with E-state index in [1.165, 1.54) is 42.4 Å². The van der Waals surface area contributed by atoms with Crippen LogP contribution in [0.3, 0.4) is 0 Å². The van der Waals surface area contributed by atoms with Crippen LogP contribution in [-0.2, 0) is 4.74 Å². The van der Waals surface area contributed by atoms with Gasteiger partial charge in [0, 0.05) is 12.6 Å². The number of benzene rings is 1. The highest BCUT2D eigenvalue weighted by Gasteiger charge is 2.31. The molecule has 0 aromatic heterocycles. The Labute approximate surface area is 130 Å². The fourth-order valence-electron chi connectivity index (χ4n) is 3.43. The van der Waals surface area contributed by atoms with Crippen LogP contribution in [0.2, 0.25) is 0 Å². The van der Waals surface area contributed by atoms with Crippen LogP contribution in [0.25, 0.3) is 0 Å². The fraction of sp³-hybridized carbons (Fsp3) is 0.684. The topological polar surface area (TPSA) is 21.3 Å². The number of hydrogen-bond acceptors (Lipinski definition) is 2. The Morgan fingerprint density at radius 3 is 2.62 bits per heavy atom. The van der Waals surface area contributed by atoms with Gasteiger partial charge in [0.25, 0.3) is 0 Å². The van der Waals surface area contributed by atoms with Crippen LogP contribution < -0.4 is 5.32 Å². The van der Waals surface area contributed by atoms with Crippen LogP contribution in [0.4, 0.5) is 0 Å². The van der Waals surface area contributed by atoms with Gasteiger partial charge in [0.05, 0.1) is 6.10 Å². The molecule has 1 fully saturated rings. The molecule has 1 N–H and O–H groups in total. The summed E-state index contributed by atoms with van der Waals surface area (Å²) in [6.45, 7) is 10.7. The van der Waals surface area contributed by atoms with E-state index in [2.05, 4.69) is 51.2 Å². The first-order chi connectivity index (χ1) is 10.1. The lowest BCUT2D eigenvalue weighted by molar-refractivity contribution is -0.0291. The summed E-state index contributed by atoms with van der Waals surface area (Å²) in [7, 11) is 0. The molecule has 0 spiro atoms. The zero-order chi connectivity index (χ0) is 15.2. The van der Waals surface area contributed by atoms with Crippen molar-refractivity contribution >= 4 is 0 Å². The van der Waals surface area contributed by atoms with Gasteiger partial charge in [-0.3, -0.25) is 0 Å². The zero-order valence-electron chi connectivity index (χ0n) is 14.1. The summed E-state index contributed by atoms with van der Waals surface area (Å²) in [6, 6.07) is 7.36. The molecule has 2 nitrogen and oxygen atoms in total. The summed E-state index contributed by atoms with van der Waals surface area (Å²) in [5.41, 5.74) is 4.25. The van der Waals surface area contributed by atoms with Gasteiger partial charge in [0.1, 0.15) is 0 Å². The monoisotopic (exact) mass is 289 g/mol. The van der Waals surface area contributed by atoms with E-state index in [0.717, 1.165) is 19.1 Å². The Bertz CT molecular complexity index is 437. The van der Waals surface area contributed by atoms with E-state index < -0.39 is 0 Å². The normalized spacial score (nSPS) is 22.9. The van der Waals surface area contributed by atoms with Gasteiger partial charge in [-0.15, -0.1) is 0 Å². The quantitative estimate of drug-likeness (QED) is 0.758. The van der Waals surface area contributed by atoms with Crippen molar-refractivity contribution in [2.24, 2.45) is 5.92 Å². The molecule has 0 saturated heterocycles. The maximum Gasteiger partial charge on any atom is 0.0580 e. The minimum Gasteiger partial charge on any atom is -0.378 e. The standard InChI is InChI=1S/C19H31NO/c1-5-9-20-19(13-16-11-17(12-16)21-6-2)18-8-7-14(3)10-15(18)4/h7-8,10,16-17,19-20H,5-6,9,11-13H2,1-4H3. The SMILES string of the molecule is CCCNC(CC1CC(OCC)C1)c1ccc(C)cc1C. The molecule has 21 heavy (non-hydrogen) atoms. The van der Waals surface area contributed by atoms with E-state index in [-0.39, 0.29) is 0 Å². The van der Waals surface area contributed by atoms with Gasteiger partial charge in [-0.1, -0.05) is 30.7 Å². The lowest BCUT2D eigenvalue weighted by Crippen LogP contribution is -2.35. The molecule has 0 bridgehead atoms. The Morgan fingerprint density at radius 1 is 1.24 bits per heavy atom. The summed E-state index contributed by atoms with van der Waals surface area (Å²) >= 11 is 0. The third kappa shape index (κ3) is 4.55. The Kier molecular flexibility index (Phi) is 6.25. The molecular weight excluding hydrogens is 258 g/mol. The van der Waals surface area contributed by atoms with Crippen molar-refractivity contribution in [3.8, 4) is 0 Å². The van der Waals surface area contributed by atoms with Crippen molar-refractivity contribution in [1.82, 2.24) is 5.32 Å². The van der Waals surface area contributed by atoms with Gasteiger partial charge in [-0.05, 0) is 70.0 Å². The van der Waals surface area contributed by atoms with Crippen molar-refractivity contribution in [2.75, 3.05) is 13.2 Å². The maximum absolute atomic E-state index is 5.70. The molecular formula is C19H31NO. The van der Waals surface area contributed by atoms with Crippen LogP contribution in [0.5, 0.6) is 0 Å². The van der Waals surface area contributed by atoms with Gasteiger partial charge >= 0.3 is 0 Å². The molecule has 1 atom stereocenters. The molecule has 1 aromatic carbocycles. The highest BCUT2D eigenvalue weighted by Crippen LogP contribution is 2.37. The molecule has 1 saturated carbocycles. The van der Waals surface area contributed by atoms with Gasteiger partial charge in [-0.2, -0.15) is 0 Å². The average Bonchev–Trinajstić information content (AvgIpc) is 2.41. The first-order valence-electron chi connectivity index (χ1n) is 8.56. The molecule has 0 amide bonds. The number of aryl methyl sites for hydroxylation is 2. The molecule has 1 aromatic rings. The molecule has 2 heteroatoms. The molecule has 1 unspecified atom stereocenters. The second-order valence-electron chi connectivity index (χ2n) is 6.52. The number of nitrogens with one attached hydrogen (secondary N) is 1. The first kappa shape index (κ1) is 16.5. The lowest BCUT2D eigenvalue weighted by atomic mass is 9.76. The molecule has 1 aliphatic rings. The van der Waals surface area contributed by atoms with Gasteiger partial charge < -0.3 is 10.1 Å². The minimum absolute atomic E-state index is 0.498. The second-order valence-corrected chi connectivity index (χ2v) is 6.52. The van der Waals surface area contributed by atoms with Crippen LogP contribution in [0.1, 0.15) is 62.3 Å². The number of rotatable bonds is 8. The Hall–Kier alpha value is -0.860. The third-order valence-corrected chi connectivity index (χ3v) is 4.61. The molecule has 0 aliphatic heterocycles. The summed E-state index contributed by atoms with van der Waals surface area (Å²) in [5, 5.41) is 3.75. The fourth-order valence-corrected chi connectivity index (χ4v) is 3.43. The molecule has 2 rings (SSSR count). The van der Waals surface area contributed by atoms with E-state index in [1.54, 1.807) is 0 Å². The first-order valence-corrected chi connectivity index (χ1v) is 8.56. The molecule has 0 heterocycles. The van der Waals surface area contributed by atoms with Crippen LogP contribution >= 0.6 is 0 Å². The van der Waals surface area contributed by atoms with Crippen molar-refractivity contribution in [3.63, 3.8) is 0 Å². The lowest BCUT2D eigenvalue weighted by Gasteiger charge is -2.37. The van der Waals surface area contributed by atoms with E-state index in [1.807, 2.05) is 0 Å². The maximum atomic E-state index is 5.70. The molecule has 1 aliphatic carbocycles. The zero-order valence-corrected chi connectivity index (χ0v) is 14.1. The van der Waals surface area contributed by atoms with E-state index in [0.29, 0.717) is 12.1 Å². The van der Waals surface area contributed by atoms with E-state index in [4.69, 9.17) is 4.74 Å². The third-order valence-electron chi connectivity index (χ3n) is 4.61. The van der Waals surface area contributed by atoms with Gasteiger partial charge in [0.2, 0.25) is 0 Å². The number of hydrogen-bond donors (Lipinski definition) is 1. The van der Waals surface area contributed by atoms with Gasteiger partial charge in [0.15, 0.2) is 0 Å². The minimum atomic E-state index is 0.498. The largest absolute Gasteiger partial charge is 0.378 e. The Morgan fingerprint density at radius 2 is 2.00 bits per heavy atom. The number of ether oxygens (including phenoxy) is 1. The van der Waals surface area contributed by atoms with Gasteiger partial charge in [-0.25, -0.2) is 0 Å². The Balaban J connectivity index is 1.98. The summed E-state index contributed by atoms with van der Waals surface area (Å²) in [5.74, 6) is 0.816. The summed E-state index contributed by atoms with van der Waals surface area (Å²) in [6.07, 6.45) is 5.43. The predicted molar refractivity (Wildman–Crippen MR) is 89.7 cm³/mol. The summed E-state index contributed by atoms with van der Waals surface area (Å²) in [4.78, 5) is 0. The highest BCUT2D eigenvalue weighted by atomic mass is 16.5. The van der Waals surface area contributed by atoms with Crippen LogP contribution in [0.15, 0.2) is 18.2 Å². The molecule has 0 radical (unpaired) electrons. The van der Waals surface area contributed by atoms with Crippen molar-refractivity contribution in [2.45, 2.75) is 65.5 Å². The molecule has 118 valence electrons. The van der Waals surface area contributed by atoms with Crippen molar-refractivity contribution in [1.29, 1.82) is 0 Å². The predicted octanol–water partition coefficient (Wildman–Crippen LogP) is 4.55. The smallest absolute Gasteiger partial charge is 0.0580 e. The van der Waals surface area contributed by atoms with E-state index >= 15 is 0 Å². The highest BCUT2D eigenvalue weighted by molar-refractivity contribution is 5.33. The van der Waals surface area contributed by atoms with E-state index in [9.17, 15) is 0 Å². The second kappa shape index (κ2) is 7.95.